The smallest absolute Gasteiger partial charge is 0.264 e. The zero-order valence-corrected chi connectivity index (χ0v) is 19.8. The lowest BCUT2D eigenvalue weighted by Gasteiger charge is -2.35. The van der Waals surface area contributed by atoms with Gasteiger partial charge in [-0.25, -0.2) is 13.8 Å². The molecule has 1 atom stereocenters. The number of fused-ring (bicyclic) bond motifs is 2. The highest BCUT2D eigenvalue weighted by atomic mass is 19.3. The maximum atomic E-state index is 14.3. The molecule has 0 radical (unpaired) electrons. The molecule has 3 aromatic rings. The zero-order chi connectivity index (χ0) is 23.7. The Kier molecular flexibility index (Phi) is 4.83. The van der Waals surface area contributed by atoms with E-state index in [1.54, 1.807) is 11.0 Å². The van der Waals surface area contributed by atoms with E-state index in [4.69, 9.17) is 4.98 Å². The van der Waals surface area contributed by atoms with Crippen LogP contribution in [0.1, 0.15) is 67.2 Å². The second-order valence-electron chi connectivity index (χ2n) is 9.94. The lowest BCUT2D eigenvalue weighted by molar-refractivity contribution is -0.135. The first kappa shape index (κ1) is 21.4. The first-order valence-corrected chi connectivity index (χ1v) is 12.0. The van der Waals surface area contributed by atoms with Crippen molar-refractivity contribution in [3.63, 3.8) is 0 Å². The number of nitrogens with zero attached hydrogens (tertiary/aromatic N) is 5. The van der Waals surface area contributed by atoms with Crippen LogP contribution < -0.4 is 4.90 Å². The van der Waals surface area contributed by atoms with Crippen molar-refractivity contribution in [2.75, 3.05) is 18.5 Å². The second kappa shape index (κ2) is 7.68. The molecule has 1 saturated carbocycles. The van der Waals surface area contributed by atoms with Crippen LogP contribution in [0, 0.1) is 0 Å². The van der Waals surface area contributed by atoms with E-state index in [2.05, 4.69) is 9.47 Å². The molecule has 0 unspecified atom stereocenters. The maximum Gasteiger partial charge on any atom is 0.264 e. The number of hydrogen-bond acceptors (Lipinski definition) is 3. The van der Waals surface area contributed by atoms with E-state index in [-0.39, 0.29) is 17.5 Å². The molecule has 1 aromatic carbocycles. The van der Waals surface area contributed by atoms with E-state index in [0.717, 1.165) is 66.4 Å². The van der Waals surface area contributed by atoms with Crippen LogP contribution in [-0.4, -0.2) is 38.5 Å². The maximum absolute atomic E-state index is 14.3. The van der Waals surface area contributed by atoms with Gasteiger partial charge in [-0.15, -0.1) is 0 Å². The average Bonchev–Trinajstić information content (AvgIpc) is 3.46. The fourth-order valence-corrected chi connectivity index (χ4v) is 5.59. The van der Waals surface area contributed by atoms with Crippen molar-refractivity contribution in [1.82, 2.24) is 19.0 Å². The van der Waals surface area contributed by atoms with Gasteiger partial charge in [0.1, 0.15) is 11.9 Å². The van der Waals surface area contributed by atoms with E-state index >= 15 is 0 Å². The van der Waals surface area contributed by atoms with Gasteiger partial charge in [0, 0.05) is 50.2 Å². The Morgan fingerprint density at radius 2 is 1.97 bits per heavy atom. The van der Waals surface area contributed by atoms with E-state index in [1.165, 1.54) is 0 Å². The summed E-state index contributed by atoms with van der Waals surface area (Å²) in [6.07, 6.45) is 5.12. The number of anilines is 2. The van der Waals surface area contributed by atoms with E-state index < -0.39 is 6.43 Å². The lowest BCUT2D eigenvalue weighted by Crippen LogP contribution is -2.40. The van der Waals surface area contributed by atoms with Crippen LogP contribution in [0.5, 0.6) is 0 Å². The number of aryl methyl sites for hydroxylation is 2. The molecule has 34 heavy (non-hydrogen) atoms. The lowest BCUT2D eigenvalue weighted by atomic mass is 9.93. The van der Waals surface area contributed by atoms with Gasteiger partial charge in [0.25, 0.3) is 6.43 Å². The number of hydrogen-bond donors (Lipinski definition) is 0. The van der Waals surface area contributed by atoms with Crippen LogP contribution in [0.15, 0.2) is 30.6 Å². The van der Waals surface area contributed by atoms with Gasteiger partial charge in [0.05, 0.1) is 12.2 Å². The Balaban J connectivity index is 1.51. The summed E-state index contributed by atoms with van der Waals surface area (Å²) in [6, 6.07) is 5.20. The van der Waals surface area contributed by atoms with E-state index in [9.17, 15) is 13.6 Å². The molecule has 1 aliphatic carbocycles. The van der Waals surface area contributed by atoms with Crippen LogP contribution in [0.25, 0.3) is 11.1 Å². The molecule has 0 N–H and O–H groups in total. The first-order chi connectivity index (χ1) is 16.3. The number of imidazole rings is 1. The van der Waals surface area contributed by atoms with E-state index in [1.807, 2.05) is 50.1 Å². The SMILES string of the molecule is C[C@@H]1C(=O)N(C)Cc2c(N3CCCc4cc(-c5ccn(C)c5)c(C(F)F)cc43)nc(C3CC3)n21. The van der Waals surface area contributed by atoms with Gasteiger partial charge in [-0.05, 0) is 67.5 Å². The van der Waals surface area contributed by atoms with Crippen LogP contribution in [0.4, 0.5) is 20.3 Å². The number of rotatable bonds is 4. The monoisotopic (exact) mass is 465 g/mol. The van der Waals surface area contributed by atoms with Crippen molar-refractivity contribution in [2.24, 2.45) is 7.05 Å². The predicted molar refractivity (Wildman–Crippen MR) is 127 cm³/mol. The molecule has 178 valence electrons. The molecule has 1 amide bonds. The van der Waals surface area contributed by atoms with E-state index in [0.29, 0.717) is 18.0 Å². The summed E-state index contributed by atoms with van der Waals surface area (Å²) < 4.78 is 32.5. The number of halogens is 2. The molecule has 2 aliphatic heterocycles. The third kappa shape index (κ3) is 3.26. The number of alkyl halides is 2. The summed E-state index contributed by atoms with van der Waals surface area (Å²) in [5, 5.41) is 0. The van der Waals surface area contributed by atoms with Crippen molar-refractivity contribution >= 4 is 17.4 Å². The van der Waals surface area contributed by atoms with Crippen LogP contribution in [0.2, 0.25) is 0 Å². The largest absolute Gasteiger partial charge is 0.357 e. The van der Waals surface area contributed by atoms with Crippen LogP contribution in [0.3, 0.4) is 0 Å². The quantitative estimate of drug-likeness (QED) is 0.524. The minimum absolute atomic E-state index is 0.0491. The van der Waals surface area contributed by atoms with Crippen molar-refractivity contribution in [3.05, 3.63) is 53.2 Å². The molecular formula is C26H29F2N5O. The minimum atomic E-state index is -2.58. The summed E-state index contributed by atoms with van der Waals surface area (Å²) in [5.74, 6) is 2.26. The molecule has 3 aliphatic rings. The van der Waals surface area contributed by atoms with Gasteiger partial charge >= 0.3 is 0 Å². The molecular weight excluding hydrogens is 436 g/mol. The second-order valence-corrected chi connectivity index (χ2v) is 9.94. The van der Waals surface area contributed by atoms with Crippen molar-refractivity contribution in [3.8, 4) is 11.1 Å². The number of likely N-dealkylation sites (N-methyl/N-ethyl adjacent to an activating group) is 1. The van der Waals surface area contributed by atoms with Crippen LogP contribution in [-0.2, 0) is 24.8 Å². The number of amides is 1. The van der Waals surface area contributed by atoms with Gasteiger partial charge in [0.2, 0.25) is 5.91 Å². The molecule has 6 nitrogen and oxygen atoms in total. The zero-order valence-electron chi connectivity index (χ0n) is 19.8. The highest BCUT2D eigenvalue weighted by Crippen LogP contribution is 2.47. The highest BCUT2D eigenvalue weighted by Gasteiger charge is 2.40. The Morgan fingerprint density at radius 3 is 2.65 bits per heavy atom. The average molecular weight is 466 g/mol. The normalized spacial score (nSPS) is 20.2. The van der Waals surface area contributed by atoms with Gasteiger partial charge in [-0.1, -0.05) is 0 Å². The standard InChI is InChI=1S/C26H29F2N5O/c1-15-26(34)31(3)14-22-25(29-24(33(15)22)16-6-7-16)32-9-4-5-17-11-19(18-8-10-30(2)13-18)20(23(27)28)12-21(17)32/h8,10-13,15-16,23H,4-7,9,14H2,1-3H3/t15-/m1/s1. The predicted octanol–water partition coefficient (Wildman–Crippen LogP) is 5.32. The third-order valence-electron chi connectivity index (χ3n) is 7.47. The van der Waals surface area contributed by atoms with Crippen molar-refractivity contribution < 1.29 is 13.6 Å². The Labute approximate surface area is 197 Å². The molecule has 4 heterocycles. The fourth-order valence-electron chi connectivity index (χ4n) is 5.59. The summed E-state index contributed by atoms with van der Waals surface area (Å²) in [5.41, 5.74) is 4.35. The summed E-state index contributed by atoms with van der Waals surface area (Å²) in [4.78, 5) is 21.7. The van der Waals surface area contributed by atoms with Crippen molar-refractivity contribution in [2.45, 2.75) is 57.5 Å². The number of benzene rings is 1. The van der Waals surface area contributed by atoms with Gasteiger partial charge in [-0.3, -0.25) is 4.79 Å². The molecule has 0 bridgehead atoms. The molecule has 6 rings (SSSR count). The van der Waals surface area contributed by atoms with Gasteiger partial charge < -0.3 is 18.9 Å². The molecule has 0 spiro atoms. The Bertz CT molecular complexity index is 1290. The molecule has 1 fully saturated rings. The highest BCUT2D eigenvalue weighted by molar-refractivity contribution is 5.83. The molecule has 0 saturated heterocycles. The Hall–Kier alpha value is -3.16. The third-order valence-corrected chi connectivity index (χ3v) is 7.47. The molecule has 8 heteroatoms. The summed E-state index contributed by atoms with van der Waals surface area (Å²) in [7, 11) is 3.72. The van der Waals surface area contributed by atoms with Gasteiger partial charge in [0.15, 0.2) is 5.82 Å². The fraction of sp³-hybridized carbons (Fsp3) is 0.462. The number of aromatic nitrogens is 3. The van der Waals surface area contributed by atoms with Crippen molar-refractivity contribution in [1.29, 1.82) is 0 Å². The first-order valence-electron chi connectivity index (χ1n) is 12.0. The summed E-state index contributed by atoms with van der Waals surface area (Å²) in [6.45, 7) is 3.14. The number of carbonyl (C=O) groups is 1. The molecule has 2 aromatic heterocycles. The minimum Gasteiger partial charge on any atom is -0.357 e. The number of carbonyl (C=O) groups excluding carboxylic acids is 1. The van der Waals surface area contributed by atoms with Crippen LogP contribution >= 0.6 is 0 Å². The Morgan fingerprint density at radius 1 is 1.18 bits per heavy atom. The summed E-state index contributed by atoms with van der Waals surface area (Å²) >= 11 is 0. The topological polar surface area (TPSA) is 46.3 Å². The van der Waals surface area contributed by atoms with Gasteiger partial charge in [-0.2, -0.15) is 0 Å².